The van der Waals surface area contributed by atoms with Gasteiger partial charge < -0.3 is 5.32 Å². The van der Waals surface area contributed by atoms with Gasteiger partial charge in [-0.1, -0.05) is 29.5 Å². The number of aromatic nitrogens is 4. The monoisotopic (exact) mass is 506 g/mol. The van der Waals surface area contributed by atoms with Crippen LogP contribution < -0.4 is 10.6 Å². The van der Waals surface area contributed by atoms with E-state index in [4.69, 9.17) is 12.2 Å². The van der Waals surface area contributed by atoms with Crippen LogP contribution in [-0.4, -0.2) is 30.8 Å². The van der Waals surface area contributed by atoms with Crippen molar-refractivity contribution >= 4 is 67.8 Å². The smallest absolute Gasteiger partial charge is 0.257 e. The summed E-state index contributed by atoms with van der Waals surface area (Å²) in [7, 11) is 0. The number of nitrogens with one attached hydrogen (secondary N) is 2. The third-order valence-electron chi connectivity index (χ3n) is 3.57. The van der Waals surface area contributed by atoms with E-state index in [1.165, 1.54) is 11.3 Å². The predicted molar refractivity (Wildman–Crippen MR) is 117 cm³/mol. The Morgan fingerprint density at radius 3 is 2.85 bits per heavy atom. The van der Waals surface area contributed by atoms with Crippen molar-refractivity contribution in [1.82, 2.24) is 25.1 Å². The molecule has 0 aliphatic rings. The number of rotatable bonds is 3. The van der Waals surface area contributed by atoms with Crippen LogP contribution in [0.5, 0.6) is 0 Å². The first-order chi connectivity index (χ1) is 13.1. The molecule has 4 aromatic rings. The maximum absolute atomic E-state index is 12.3. The van der Waals surface area contributed by atoms with Crippen molar-refractivity contribution in [2.75, 3.05) is 5.32 Å². The summed E-state index contributed by atoms with van der Waals surface area (Å²) >= 11 is 8.87. The zero-order valence-corrected chi connectivity index (χ0v) is 17.4. The molecule has 0 spiro atoms. The minimum atomic E-state index is -0.254. The molecular weight excluding hydrogens is 495 g/mol. The summed E-state index contributed by atoms with van der Waals surface area (Å²) in [5.41, 5.74) is 2.23. The number of halogens is 1. The van der Waals surface area contributed by atoms with E-state index in [0.717, 1.165) is 24.8 Å². The highest BCUT2D eigenvalue weighted by atomic mass is 127. The van der Waals surface area contributed by atoms with Gasteiger partial charge in [0, 0.05) is 20.4 Å². The molecule has 2 heterocycles. The van der Waals surface area contributed by atoms with Crippen molar-refractivity contribution in [3.05, 3.63) is 64.0 Å². The van der Waals surface area contributed by atoms with Gasteiger partial charge in [0.1, 0.15) is 11.3 Å². The van der Waals surface area contributed by atoms with Crippen molar-refractivity contribution < 1.29 is 4.79 Å². The Bertz CT molecular complexity index is 1130. The Balaban J connectivity index is 1.47. The van der Waals surface area contributed by atoms with E-state index in [0.29, 0.717) is 5.56 Å². The van der Waals surface area contributed by atoms with E-state index in [9.17, 15) is 4.79 Å². The van der Waals surface area contributed by atoms with Crippen molar-refractivity contribution in [2.24, 2.45) is 0 Å². The average molecular weight is 506 g/mol. The fraction of sp³-hybridized carbons (Fsp3) is 0. The number of carbonyl (C=O) groups is 1. The SMILES string of the molecule is O=C(NC(=S)Nc1cccc(-c2nn3cnnc3s2)c1)c1cccc(I)c1. The van der Waals surface area contributed by atoms with E-state index in [1.54, 1.807) is 23.0 Å². The molecular formula is C17H11IN6OS2. The molecule has 4 rings (SSSR count). The second-order valence-corrected chi connectivity index (χ2v) is 8.07. The summed E-state index contributed by atoms with van der Waals surface area (Å²) < 4.78 is 2.61. The lowest BCUT2D eigenvalue weighted by molar-refractivity contribution is 0.0977. The molecule has 0 saturated carbocycles. The van der Waals surface area contributed by atoms with Gasteiger partial charge in [-0.15, -0.1) is 10.2 Å². The molecule has 0 aliphatic carbocycles. The fourth-order valence-corrected chi connectivity index (χ4v) is 3.94. The molecule has 2 aromatic carbocycles. The number of nitrogens with zero attached hydrogens (tertiary/aromatic N) is 4. The van der Waals surface area contributed by atoms with Gasteiger partial charge in [0.15, 0.2) is 5.11 Å². The average Bonchev–Trinajstić information content (AvgIpc) is 3.24. The van der Waals surface area contributed by atoms with Crippen LogP contribution in [0.3, 0.4) is 0 Å². The Hall–Kier alpha value is -2.44. The topological polar surface area (TPSA) is 84.2 Å². The molecule has 0 atom stereocenters. The van der Waals surface area contributed by atoms with Gasteiger partial charge >= 0.3 is 0 Å². The van der Waals surface area contributed by atoms with Crippen molar-refractivity contribution in [1.29, 1.82) is 0 Å². The van der Waals surface area contributed by atoms with Gasteiger partial charge in [0.05, 0.1) is 0 Å². The van der Waals surface area contributed by atoms with Crippen LogP contribution in [0.2, 0.25) is 0 Å². The lowest BCUT2D eigenvalue weighted by Crippen LogP contribution is -2.34. The normalized spacial score (nSPS) is 10.7. The van der Waals surface area contributed by atoms with Crippen molar-refractivity contribution in [3.63, 3.8) is 0 Å². The molecule has 0 saturated heterocycles. The molecule has 0 bridgehead atoms. The predicted octanol–water partition coefficient (Wildman–Crippen LogP) is 3.58. The van der Waals surface area contributed by atoms with Crippen molar-refractivity contribution in [2.45, 2.75) is 0 Å². The van der Waals surface area contributed by atoms with E-state index < -0.39 is 0 Å². The highest BCUT2D eigenvalue weighted by molar-refractivity contribution is 14.1. The minimum Gasteiger partial charge on any atom is -0.332 e. The number of carbonyl (C=O) groups excluding carboxylic acids is 1. The van der Waals surface area contributed by atoms with E-state index in [1.807, 2.05) is 36.4 Å². The van der Waals surface area contributed by atoms with Gasteiger partial charge in [0.25, 0.3) is 5.91 Å². The molecule has 0 fully saturated rings. The van der Waals surface area contributed by atoms with Crippen LogP contribution in [0.25, 0.3) is 15.5 Å². The molecule has 0 unspecified atom stereocenters. The van der Waals surface area contributed by atoms with Crippen LogP contribution in [0.4, 0.5) is 5.69 Å². The fourth-order valence-electron chi connectivity index (χ4n) is 2.37. The second kappa shape index (κ2) is 7.66. The van der Waals surface area contributed by atoms with Crippen LogP contribution in [0, 0.1) is 3.57 Å². The molecule has 0 aliphatic heterocycles. The molecule has 1 amide bonds. The Morgan fingerprint density at radius 2 is 2.04 bits per heavy atom. The molecule has 2 N–H and O–H groups in total. The summed E-state index contributed by atoms with van der Waals surface area (Å²) in [6.07, 6.45) is 1.56. The summed E-state index contributed by atoms with van der Waals surface area (Å²) in [6, 6.07) is 14.9. The van der Waals surface area contributed by atoms with Gasteiger partial charge in [-0.2, -0.15) is 9.61 Å². The molecule has 10 heteroatoms. The molecule has 7 nitrogen and oxygen atoms in total. The summed E-state index contributed by atoms with van der Waals surface area (Å²) in [5, 5.41) is 19.0. The number of anilines is 1. The number of hydrogen-bond donors (Lipinski definition) is 2. The Kier molecular flexibility index (Phi) is 5.09. The Morgan fingerprint density at radius 1 is 1.19 bits per heavy atom. The van der Waals surface area contributed by atoms with Crippen LogP contribution >= 0.6 is 46.1 Å². The van der Waals surface area contributed by atoms with Crippen LogP contribution in [0.15, 0.2) is 54.9 Å². The van der Waals surface area contributed by atoms with Gasteiger partial charge in [-0.3, -0.25) is 10.1 Å². The van der Waals surface area contributed by atoms with Gasteiger partial charge in [-0.25, -0.2) is 0 Å². The second-order valence-electron chi connectivity index (χ2n) is 5.46. The van der Waals surface area contributed by atoms with E-state index in [2.05, 4.69) is 48.5 Å². The third-order valence-corrected chi connectivity index (χ3v) is 5.41. The quantitative estimate of drug-likeness (QED) is 0.327. The summed E-state index contributed by atoms with van der Waals surface area (Å²) in [4.78, 5) is 13.0. The highest BCUT2D eigenvalue weighted by Gasteiger charge is 2.10. The number of fused-ring (bicyclic) bond motifs is 1. The van der Waals surface area contributed by atoms with E-state index >= 15 is 0 Å². The van der Waals surface area contributed by atoms with Gasteiger partial charge in [0.2, 0.25) is 4.96 Å². The standard InChI is InChI=1S/C17H11IN6OS2/c18-12-5-1-3-10(7-12)14(25)21-16(26)20-13-6-2-4-11(8-13)15-23-24-9-19-22-17(24)27-15/h1-9H,(H2,20,21,25,26). The zero-order valence-electron chi connectivity index (χ0n) is 13.6. The maximum atomic E-state index is 12.3. The molecule has 0 radical (unpaired) electrons. The third kappa shape index (κ3) is 4.12. The first kappa shape index (κ1) is 17.9. The maximum Gasteiger partial charge on any atom is 0.257 e. The van der Waals surface area contributed by atoms with Gasteiger partial charge in [-0.05, 0) is 65.1 Å². The first-order valence-corrected chi connectivity index (χ1v) is 10.0. The lowest BCUT2D eigenvalue weighted by atomic mass is 10.2. The highest BCUT2D eigenvalue weighted by Crippen LogP contribution is 2.26. The molecule has 2 aromatic heterocycles. The molecule has 134 valence electrons. The zero-order chi connectivity index (χ0) is 18.8. The van der Waals surface area contributed by atoms with E-state index in [-0.39, 0.29) is 11.0 Å². The van der Waals surface area contributed by atoms with Crippen molar-refractivity contribution in [3.8, 4) is 10.6 Å². The first-order valence-electron chi connectivity index (χ1n) is 7.74. The number of amides is 1. The molecule has 27 heavy (non-hydrogen) atoms. The number of benzene rings is 2. The number of thiocarbonyl (C=S) groups is 1. The van der Waals surface area contributed by atoms with Crippen LogP contribution in [-0.2, 0) is 0 Å². The lowest BCUT2D eigenvalue weighted by Gasteiger charge is -2.10. The summed E-state index contributed by atoms with van der Waals surface area (Å²) in [5.74, 6) is -0.254. The summed E-state index contributed by atoms with van der Waals surface area (Å²) in [6.45, 7) is 0. The minimum absolute atomic E-state index is 0.231. The largest absolute Gasteiger partial charge is 0.332 e. The number of hydrogen-bond acceptors (Lipinski definition) is 6. The Labute approximate surface area is 177 Å². The van der Waals surface area contributed by atoms with Crippen LogP contribution in [0.1, 0.15) is 10.4 Å².